The van der Waals surface area contributed by atoms with E-state index in [1.165, 1.54) is 6.26 Å². The van der Waals surface area contributed by atoms with Gasteiger partial charge in [-0.25, -0.2) is 4.98 Å². The van der Waals surface area contributed by atoms with Crippen LogP contribution < -0.4 is 5.32 Å². The molecule has 158 valence electrons. The van der Waals surface area contributed by atoms with Gasteiger partial charge in [0.2, 0.25) is 5.91 Å². The summed E-state index contributed by atoms with van der Waals surface area (Å²) in [5.41, 5.74) is 0.937. The first-order chi connectivity index (χ1) is 15.2. The van der Waals surface area contributed by atoms with Crippen LogP contribution in [0.5, 0.6) is 0 Å². The molecule has 1 aliphatic rings. The fourth-order valence-electron chi connectivity index (χ4n) is 3.85. The molecule has 0 aliphatic carbocycles. The van der Waals surface area contributed by atoms with Crippen molar-refractivity contribution in [1.29, 1.82) is 0 Å². The number of aromatic nitrogens is 1. The van der Waals surface area contributed by atoms with Crippen LogP contribution in [0.25, 0.3) is 21.0 Å². The molecule has 1 atom stereocenters. The maximum Gasteiger partial charge on any atom is 0.290 e. The van der Waals surface area contributed by atoms with Crippen LogP contribution in [-0.2, 0) is 11.3 Å². The summed E-state index contributed by atoms with van der Waals surface area (Å²) in [6, 6.07) is 14.4. The Morgan fingerprint density at radius 3 is 2.87 bits per heavy atom. The fourth-order valence-corrected chi connectivity index (χ4v) is 4.77. The van der Waals surface area contributed by atoms with Crippen LogP contribution in [-0.4, -0.2) is 34.3 Å². The summed E-state index contributed by atoms with van der Waals surface area (Å²) in [6.45, 7) is 0.795. The van der Waals surface area contributed by atoms with E-state index in [2.05, 4.69) is 10.3 Å². The Bertz CT molecular complexity index is 1180. The third-order valence-electron chi connectivity index (χ3n) is 5.40. The van der Waals surface area contributed by atoms with Gasteiger partial charge >= 0.3 is 0 Å². The number of nitrogens with one attached hydrogen (secondary N) is 1. The van der Waals surface area contributed by atoms with Crippen LogP contribution >= 0.6 is 11.3 Å². The SMILES string of the molecule is O=C(NCc1ccc(-c2nc3ccccc3s2)o1)C1CCCCN1C(=O)c1ccco1. The summed E-state index contributed by atoms with van der Waals surface area (Å²) in [4.78, 5) is 31.8. The number of hydrogen-bond donors (Lipinski definition) is 1. The van der Waals surface area contributed by atoms with Crippen LogP contribution in [0.3, 0.4) is 0 Å². The number of para-hydroxylation sites is 1. The number of likely N-dealkylation sites (tertiary alicyclic amines) is 1. The number of carbonyl (C=O) groups is 2. The standard InChI is InChI=1S/C23H21N3O4S/c27-21(17-7-3-4-12-26(17)23(28)19-8-5-13-29-19)24-14-15-10-11-18(30-15)22-25-16-6-1-2-9-20(16)31-22/h1-2,5-6,8-11,13,17H,3-4,7,12,14H2,(H,24,27). The highest BCUT2D eigenvalue weighted by Crippen LogP contribution is 2.31. The van der Waals surface area contributed by atoms with E-state index in [9.17, 15) is 9.59 Å². The van der Waals surface area contributed by atoms with E-state index in [1.807, 2.05) is 36.4 Å². The van der Waals surface area contributed by atoms with Crippen molar-refractivity contribution in [1.82, 2.24) is 15.2 Å². The first-order valence-electron chi connectivity index (χ1n) is 10.3. The minimum Gasteiger partial charge on any atom is -0.459 e. The lowest BCUT2D eigenvalue weighted by molar-refractivity contribution is -0.126. The normalized spacial score (nSPS) is 16.5. The summed E-state index contributed by atoms with van der Waals surface area (Å²) in [7, 11) is 0. The summed E-state index contributed by atoms with van der Waals surface area (Å²) >= 11 is 1.57. The maximum absolute atomic E-state index is 12.9. The van der Waals surface area contributed by atoms with Gasteiger partial charge in [-0.2, -0.15) is 0 Å². The molecular weight excluding hydrogens is 414 g/mol. The molecule has 2 amide bonds. The van der Waals surface area contributed by atoms with Gasteiger partial charge in [-0.3, -0.25) is 9.59 Å². The molecule has 31 heavy (non-hydrogen) atoms. The fraction of sp³-hybridized carbons (Fsp3) is 0.261. The molecule has 3 aromatic heterocycles. The Hall–Kier alpha value is -3.39. The summed E-state index contributed by atoms with van der Waals surface area (Å²) in [6.07, 6.45) is 3.88. The molecule has 1 N–H and O–H groups in total. The third kappa shape index (κ3) is 3.98. The van der Waals surface area contributed by atoms with Crippen molar-refractivity contribution in [2.75, 3.05) is 6.54 Å². The molecule has 1 unspecified atom stereocenters. The second kappa shape index (κ2) is 8.39. The smallest absolute Gasteiger partial charge is 0.290 e. The zero-order chi connectivity index (χ0) is 21.2. The molecule has 8 heteroatoms. The Morgan fingerprint density at radius 2 is 2.03 bits per heavy atom. The van der Waals surface area contributed by atoms with Gasteiger partial charge < -0.3 is 19.1 Å². The zero-order valence-corrected chi connectivity index (χ0v) is 17.6. The molecule has 1 aliphatic heterocycles. The van der Waals surface area contributed by atoms with Gasteiger partial charge in [0.15, 0.2) is 16.5 Å². The van der Waals surface area contributed by atoms with Gasteiger partial charge in [-0.05, 0) is 55.7 Å². The highest BCUT2D eigenvalue weighted by atomic mass is 32.1. The van der Waals surface area contributed by atoms with E-state index in [4.69, 9.17) is 8.83 Å². The number of hydrogen-bond acceptors (Lipinski definition) is 6. The third-order valence-corrected chi connectivity index (χ3v) is 6.45. The first-order valence-corrected chi connectivity index (χ1v) is 11.1. The Morgan fingerprint density at radius 1 is 1.13 bits per heavy atom. The number of fused-ring (bicyclic) bond motifs is 1. The van der Waals surface area contributed by atoms with Crippen LogP contribution in [0.4, 0.5) is 0 Å². The lowest BCUT2D eigenvalue weighted by Gasteiger charge is -2.34. The lowest BCUT2D eigenvalue weighted by atomic mass is 10.0. The van der Waals surface area contributed by atoms with Gasteiger partial charge in [0.05, 0.1) is 23.0 Å². The average molecular weight is 436 g/mol. The van der Waals surface area contributed by atoms with Gasteiger partial charge in [-0.1, -0.05) is 12.1 Å². The molecular formula is C23H21N3O4S. The number of carbonyl (C=O) groups excluding carboxylic acids is 2. The van der Waals surface area contributed by atoms with Crippen LogP contribution in [0, 0.1) is 0 Å². The molecule has 7 nitrogen and oxygen atoms in total. The number of benzene rings is 1. The minimum atomic E-state index is -0.509. The molecule has 5 rings (SSSR count). The van der Waals surface area contributed by atoms with Crippen molar-refractivity contribution in [2.24, 2.45) is 0 Å². The van der Waals surface area contributed by atoms with E-state index >= 15 is 0 Å². The van der Waals surface area contributed by atoms with Gasteiger partial charge in [-0.15, -0.1) is 11.3 Å². The van der Waals surface area contributed by atoms with Crippen LogP contribution in [0.15, 0.2) is 63.6 Å². The molecule has 0 bridgehead atoms. The maximum atomic E-state index is 12.9. The molecule has 0 radical (unpaired) electrons. The predicted octanol–water partition coefficient (Wildman–Crippen LogP) is 4.46. The predicted molar refractivity (Wildman–Crippen MR) is 117 cm³/mol. The van der Waals surface area contributed by atoms with E-state index in [0.29, 0.717) is 24.5 Å². The molecule has 1 fully saturated rings. The van der Waals surface area contributed by atoms with Crippen LogP contribution in [0.1, 0.15) is 35.6 Å². The highest BCUT2D eigenvalue weighted by molar-refractivity contribution is 7.21. The second-order valence-electron chi connectivity index (χ2n) is 7.46. The monoisotopic (exact) mass is 435 g/mol. The van der Waals surface area contributed by atoms with E-state index in [1.54, 1.807) is 28.4 Å². The highest BCUT2D eigenvalue weighted by Gasteiger charge is 2.33. The van der Waals surface area contributed by atoms with E-state index in [0.717, 1.165) is 28.1 Å². The van der Waals surface area contributed by atoms with Gasteiger partial charge in [0, 0.05) is 6.54 Å². The summed E-state index contributed by atoms with van der Waals surface area (Å²) in [5, 5.41) is 3.72. The molecule has 4 heterocycles. The van der Waals surface area contributed by atoms with Crippen molar-refractivity contribution in [3.8, 4) is 10.8 Å². The summed E-state index contributed by atoms with van der Waals surface area (Å²) < 4.78 is 12.2. The van der Waals surface area contributed by atoms with Gasteiger partial charge in [0.25, 0.3) is 5.91 Å². The minimum absolute atomic E-state index is 0.183. The van der Waals surface area contributed by atoms with Gasteiger partial charge in [0.1, 0.15) is 11.8 Å². The van der Waals surface area contributed by atoms with Crippen molar-refractivity contribution >= 4 is 33.4 Å². The van der Waals surface area contributed by atoms with Crippen molar-refractivity contribution < 1.29 is 18.4 Å². The first kappa shape index (κ1) is 19.6. The number of nitrogens with zero attached hydrogens (tertiary/aromatic N) is 2. The molecule has 1 saturated heterocycles. The zero-order valence-electron chi connectivity index (χ0n) is 16.7. The van der Waals surface area contributed by atoms with Crippen molar-refractivity contribution in [3.63, 3.8) is 0 Å². The van der Waals surface area contributed by atoms with Crippen molar-refractivity contribution in [2.45, 2.75) is 31.8 Å². The second-order valence-corrected chi connectivity index (χ2v) is 8.49. The number of amides is 2. The van der Waals surface area contributed by atoms with Crippen LogP contribution in [0.2, 0.25) is 0 Å². The quantitative estimate of drug-likeness (QED) is 0.500. The molecule has 4 aromatic rings. The summed E-state index contributed by atoms with van der Waals surface area (Å²) in [5.74, 6) is 1.14. The Labute approximate surface area is 182 Å². The van der Waals surface area contributed by atoms with E-state index in [-0.39, 0.29) is 24.1 Å². The molecule has 1 aromatic carbocycles. The van der Waals surface area contributed by atoms with E-state index < -0.39 is 6.04 Å². The molecule has 0 saturated carbocycles. The lowest BCUT2D eigenvalue weighted by Crippen LogP contribution is -2.51. The van der Waals surface area contributed by atoms with Crippen molar-refractivity contribution in [3.05, 3.63) is 66.3 Å². The largest absolute Gasteiger partial charge is 0.459 e. The molecule has 0 spiro atoms. The number of furan rings is 2. The Balaban J connectivity index is 1.25. The number of thiazole rings is 1. The Kier molecular flexibility index (Phi) is 5.30. The number of rotatable bonds is 5. The average Bonchev–Trinajstić information content (AvgIpc) is 3.57. The topological polar surface area (TPSA) is 88.6 Å². The number of piperidine rings is 1.